The number of aromatic nitrogens is 1. The Morgan fingerprint density at radius 2 is 2.03 bits per heavy atom. The quantitative estimate of drug-likeness (QED) is 0.208. The molecule has 0 saturated heterocycles. The van der Waals surface area contributed by atoms with Gasteiger partial charge in [0, 0.05) is 6.07 Å². The van der Waals surface area contributed by atoms with Gasteiger partial charge >= 0.3 is 11.7 Å². The Morgan fingerprint density at radius 3 is 2.68 bits per heavy atom. The molecule has 0 radical (unpaired) electrons. The van der Waals surface area contributed by atoms with Gasteiger partial charge < -0.3 is 14.6 Å². The maximum absolute atomic E-state index is 13.6. The topological polar surface area (TPSA) is 133 Å². The first-order valence-corrected chi connectivity index (χ1v) is 12.1. The zero-order valence-electron chi connectivity index (χ0n) is 20.0. The van der Waals surface area contributed by atoms with E-state index in [0.717, 1.165) is 11.3 Å². The van der Waals surface area contributed by atoms with Crippen LogP contribution in [0.4, 0.5) is 5.69 Å². The second-order valence-corrected chi connectivity index (χ2v) is 8.99. The van der Waals surface area contributed by atoms with Crippen molar-refractivity contribution in [3.05, 3.63) is 107 Å². The van der Waals surface area contributed by atoms with Crippen LogP contribution in [0, 0.1) is 10.1 Å². The Morgan fingerprint density at radius 1 is 1.30 bits per heavy atom. The summed E-state index contributed by atoms with van der Waals surface area (Å²) in [6.45, 7) is 7.49. The smallest absolute Gasteiger partial charge is 0.338 e. The molecule has 1 aromatic heterocycles. The molecule has 0 spiro atoms. The van der Waals surface area contributed by atoms with Gasteiger partial charge in [-0.05, 0) is 49.2 Å². The molecular formula is C26H23N3O7S. The first-order valence-electron chi connectivity index (χ1n) is 11.3. The van der Waals surface area contributed by atoms with Crippen molar-refractivity contribution in [3.63, 3.8) is 0 Å². The van der Waals surface area contributed by atoms with Crippen LogP contribution in [0.2, 0.25) is 0 Å². The maximum atomic E-state index is 13.6. The van der Waals surface area contributed by atoms with Crippen molar-refractivity contribution in [2.45, 2.75) is 19.9 Å². The molecule has 1 aliphatic rings. The first kappa shape index (κ1) is 25.6. The largest absolute Gasteiger partial charge is 0.502 e. The molecule has 2 aromatic carbocycles. The number of nitro groups is 1. The molecule has 1 N–H and O–H groups in total. The van der Waals surface area contributed by atoms with Crippen molar-refractivity contribution in [2.24, 2.45) is 4.99 Å². The second-order valence-electron chi connectivity index (χ2n) is 7.98. The van der Waals surface area contributed by atoms with Crippen LogP contribution in [0.1, 0.15) is 31.0 Å². The number of carbonyl (C=O) groups excluding carboxylic acids is 1. The summed E-state index contributed by atoms with van der Waals surface area (Å²) in [5, 5.41) is 21.0. The monoisotopic (exact) mass is 521 g/mol. The summed E-state index contributed by atoms with van der Waals surface area (Å²) >= 11 is 1.09. The molecule has 10 nitrogen and oxygen atoms in total. The summed E-state index contributed by atoms with van der Waals surface area (Å²) in [5.41, 5.74) is 0.765. The van der Waals surface area contributed by atoms with Gasteiger partial charge in [0.05, 0.1) is 33.4 Å². The predicted octanol–water partition coefficient (Wildman–Crippen LogP) is 2.98. The van der Waals surface area contributed by atoms with Crippen LogP contribution in [-0.4, -0.2) is 33.8 Å². The van der Waals surface area contributed by atoms with E-state index in [0.29, 0.717) is 34.0 Å². The second kappa shape index (κ2) is 10.6. The van der Waals surface area contributed by atoms with Crippen molar-refractivity contribution in [2.75, 3.05) is 13.2 Å². The molecule has 1 atom stereocenters. The van der Waals surface area contributed by atoms with E-state index in [1.807, 2.05) is 0 Å². The van der Waals surface area contributed by atoms with Gasteiger partial charge in [0.2, 0.25) is 0 Å². The Kier molecular flexibility index (Phi) is 7.35. The van der Waals surface area contributed by atoms with E-state index in [4.69, 9.17) is 9.47 Å². The molecule has 3 aromatic rings. The normalized spacial score (nSPS) is 15.1. The van der Waals surface area contributed by atoms with Gasteiger partial charge in [0.15, 0.2) is 10.6 Å². The highest BCUT2D eigenvalue weighted by molar-refractivity contribution is 7.07. The minimum Gasteiger partial charge on any atom is -0.502 e. The lowest BCUT2D eigenvalue weighted by molar-refractivity contribution is -0.385. The minimum atomic E-state index is -0.806. The zero-order chi connectivity index (χ0) is 26.7. The van der Waals surface area contributed by atoms with E-state index in [1.165, 1.54) is 28.8 Å². The molecule has 0 saturated carbocycles. The third-order valence-corrected chi connectivity index (χ3v) is 6.56. The molecule has 0 fully saturated rings. The van der Waals surface area contributed by atoms with Gasteiger partial charge in [-0.25, -0.2) is 9.79 Å². The van der Waals surface area contributed by atoms with E-state index < -0.39 is 33.9 Å². The number of ether oxygens (including phenoxy) is 2. The van der Waals surface area contributed by atoms with E-state index in [-0.39, 0.29) is 16.7 Å². The van der Waals surface area contributed by atoms with Crippen LogP contribution in [0.5, 0.6) is 11.5 Å². The standard InChI is InChI=1S/C26H23N3O7S/c1-4-12-36-18-9-7-17(8-10-18)23-22(25(32)35-5-2)15(3)27-26-28(23)24(31)21(37-26)14-16-6-11-20(30)19(13-16)29(33)34/h4,6-11,13-14,23,30H,1,5,12H2,2-3H3/b21-14-/t23-/m1/s1. The van der Waals surface area contributed by atoms with Crippen molar-refractivity contribution < 1.29 is 24.3 Å². The number of aromatic hydroxyl groups is 1. The third-order valence-electron chi connectivity index (χ3n) is 5.57. The van der Waals surface area contributed by atoms with Crippen molar-refractivity contribution in [1.82, 2.24) is 4.57 Å². The van der Waals surface area contributed by atoms with E-state index >= 15 is 0 Å². The van der Waals surface area contributed by atoms with E-state index in [1.54, 1.807) is 44.2 Å². The summed E-state index contributed by atoms with van der Waals surface area (Å²) < 4.78 is 12.5. The highest BCUT2D eigenvalue weighted by Crippen LogP contribution is 2.32. The third kappa shape index (κ3) is 5.07. The highest BCUT2D eigenvalue weighted by atomic mass is 32.1. The van der Waals surface area contributed by atoms with Crippen molar-refractivity contribution >= 4 is 29.1 Å². The number of fused-ring (bicyclic) bond motifs is 1. The number of hydrogen-bond acceptors (Lipinski definition) is 9. The maximum Gasteiger partial charge on any atom is 0.338 e. The predicted molar refractivity (Wildman–Crippen MR) is 137 cm³/mol. The molecule has 11 heteroatoms. The number of carbonyl (C=O) groups is 1. The lowest BCUT2D eigenvalue weighted by Crippen LogP contribution is -2.39. The summed E-state index contributed by atoms with van der Waals surface area (Å²) in [6.07, 6.45) is 3.11. The Labute approximate surface area is 214 Å². The van der Waals surface area contributed by atoms with E-state index in [2.05, 4.69) is 11.6 Å². The lowest BCUT2D eigenvalue weighted by atomic mass is 9.96. The summed E-state index contributed by atoms with van der Waals surface area (Å²) in [7, 11) is 0. The van der Waals surface area contributed by atoms with Crippen LogP contribution >= 0.6 is 11.3 Å². The van der Waals surface area contributed by atoms with Gasteiger partial charge in [0.1, 0.15) is 12.4 Å². The Balaban J connectivity index is 1.89. The van der Waals surface area contributed by atoms with Crippen LogP contribution in [-0.2, 0) is 9.53 Å². The molecule has 37 heavy (non-hydrogen) atoms. The molecule has 0 aliphatic carbocycles. The summed E-state index contributed by atoms with van der Waals surface area (Å²) in [5.74, 6) is -0.452. The van der Waals surface area contributed by atoms with Crippen LogP contribution in [0.25, 0.3) is 6.08 Å². The van der Waals surface area contributed by atoms with Gasteiger partial charge in [-0.2, -0.15) is 0 Å². The first-order chi connectivity index (χ1) is 17.7. The van der Waals surface area contributed by atoms with Crippen LogP contribution in [0.15, 0.2) is 76.2 Å². The molecule has 0 bridgehead atoms. The number of hydrogen-bond donors (Lipinski definition) is 1. The Bertz CT molecular complexity index is 1600. The zero-order valence-corrected chi connectivity index (χ0v) is 20.9. The number of benzene rings is 2. The van der Waals surface area contributed by atoms with Gasteiger partial charge in [0.25, 0.3) is 5.56 Å². The van der Waals surface area contributed by atoms with Crippen LogP contribution < -0.4 is 19.6 Å². The fourth-order valence-corrected chi connectivity index (χ4v) is 4.98. The molecule has 0 amide bonds. The molecule has 2 heterocycles. The molecular weight excluding hydrogens is 498 g/mol. The fraction of sp³-hybridized carbons (Fsp3) is 0.192. The average molecular weight is 522 g/mol. The van der Waals surface area contributed by atoms with Gasteiger partial charge in [-0.3, -0.25) is 19.5 Å². The van der Waals surface area contributed by atoms with Crippen molar-refractivity contribution in [1.29, 1.82) is 0 Å². The Hall–Kier alpha value is -4.51. The summed E-state index contributed by atoms with van der Waals surface area (Å²) in [6, 6.07) is 10.0. The number of nitro benzene ring substituents is 1. The minimum absolute atomic E-state index is 0.153. The SMILES string of the molecule is C=CCOc1ccc([C@@H]2C(C(=O)OCC)=C(C)N=c3s/c(=C\c4ccc(O)c([N+](=O)[O-])c4)c(=O)n32)cc1. The van der Waals surface area contributed by atoms with Gasteiger partial charge in [-0.15, -0.1) is 0 Å². The molecule has 4 rings (SSSR count). The number of thiazole rings is 1. The molecule has 0 unspecified atom stereocenters. The highest BCUT2D eigenvalue weighted by Gasteiger charge is 2.33. The lowest BCUT2D eigenvalue weighted by Gasteiger charge is -2.24. The van der Waals surface area contributed by atoms with Gasteiger partial charge in [-0.1, -0.05) is 42.2 Å². The summed E-state index contributed by atoms with van der Waals surface area (Å²) in [4.78, 5) is 42.0. The number of phenolic OH excluding ortho intramolecular Hbond substituents is 1. The number of phenols is 1. The van der Waals surface area contributed by atoms with Crippen LogP contribution in [0.3, 0.4) is 0 Å². The fourth-order valence-electron chi connectivity index (χ4n) is 3.94. The number of nitrogens with zero attached hydrogens (tertiary/aromatic N) is 3. The molecule has 190 valence electrons. The number of rotatable bonds is 8. The van der Waals surface area contributed by atoms with Crippen molar-refractivity contribution in [3.8, 4) is 11.5 Å². The van der Waals surface area contributed by atoms with E-state index in [9.17, 15) is 24.8 Å². The number of esters is 1. The molecule has 1 aliphatic heterocycles. The average Bonchev–Trinajstić information content (AvgIpc) is 3.17. The number of allylic oxidation sites excluding steroid dienone is 1.